The fourth-order valence-electron chi connectivity index (χ4n) is 1.31. The Morgan fingerprint density at radius 1 is 1.38 bits per heavy atom. The summed E-state index contributed by atoms with van der Waals surface area (Å²) in [5, 5.41) is 2.52. The molecule has 2 rings (SSSR count). The molecular formula is C11H11NO2S2. The molecule has 1 heterocycles. The second-order valence-corrected chi connectivity index (χ2v) is 6.19. The summed E-state index contributed by atoms with van der Waals surface area (Å²) in [6.07, 6.45) is 0. The molecule has 0 spiro atoms. The monoisotopic (exact) mass is 253 g/mol. The number of benzene rings is 1. The smallest absolute Gasteiger partial charge is 0.107 e. The number of aromatic nitrogens is 1. The third-order valence-corrected chi connectivity index (χ3v) is 3.73. The third-order valence-electron chi connectivity index (χ3n) is 1.97. The van der Waals surface area contributed by atoms with Crippen molar-refractivity contribution in [2.24, 2.45) is 0 Å². The molecule has 0 aliphatic heterocycles. The Kier molecular flexibility index (Phi) is 3.09. The second kappa shape index (κ2) is 4.37. The first-order valence-corrected chi connectivity index (χ1v) is 7.35. The molecule has 1 aromatic carbocycles. The molecule has 0 saturated heterocycles. The summed E-state index contributed by atoms with van der Waals surface area (Å²) in [6, 6.07) is 9.72. The molecule has 1 N–H and O–H groups in total. The predicted molar refractivity (Wildman–Crippen MR) is 69.1 cm³/mol. The quantitative estimate of drug-likeness (QED) is 0.855. The molecule has 0 fully saturated rings. The Bertz CT molecular complexity index is 573. The van der Waals surface area contributed by atoms with Crippen molar-refractivity contribution in [1.29, 1.82) is 0 Å². The van der Waals surface area contributed by atoms with Gasteiger partial charge in [-0.3, -0.25) is 0 Å². The van der Waals surface area contributed by atoms with Crippen LogP contribution in [0.25, 0.3) is 11.3 Å². The standard InChI is InChI=1S/C11H11NO2S2/c1-16(13,14)8-11-12-10(7-15-11)9-5-3-2-4-6-9/h2-7H,1,8H2,(H,13,14). The van der Waals surface area contributed by atoms with Gasteiger partial charge in [0.1, 0.15) is 5.01 Å². The van der Waals surface area contributed by atoms with Gasteiger partial charge in [0.05, 0.1) is 21.2 Å². The van der Waals surface area contributed by atoms with Crippen LogP contribution in [0.1, 0.15) is 5.01 Å². The van der Waals surface area contributed by atoms with Gasteiger partial charge < -0.3 is 4.55 Å². The van der Waals surface area contributed by atoms with E-state index in [4.69, 9.17) is 4.55 Å². The van der Waals surface area contributed by atoms with Crippen LogP contribution in [0.2, 0.25) is 0 Å². The van der Waals surface area contributed by atoms with Gasteiger partial charge in [-0.15, -0.1) is 11.3 Å². The maximum Gasteiger partial charge on any atom is 0.107 e. The van der Waals surface area contributed by atoms with Gasteiger partial charge in [0, 0.05) is 10.9 Å². The molecule has 0 aliphatic carbocycles. The van der Waals surface area contributed by atoms with Crippen LogP contribution in [0.3, 0.4) is 0 Å². The highest BCUT2D eigenvalue weighted by atomic mass is 32.2. The lowest BCUT2D eigenvalue weighted by Gasteiger charge is -1.96. The molecular weight excluding hydrogens is 242 g/mol. The molecule has 16 heavy (non-hydrogen) atoms. The van der Waals surface area contributed by atoms with Crippen LogP contribution in [0.15, 0.2) is 35.7 Å². The van der Waals surface area contributed by atoms with E-state index >= 15 is 0 Å². The molecule has 5 heteroatoms. The van der Waals surface area contributed by atoms with Gasteiger partial charge >= 0.3 is 0 Å². The molecule has 0 radical (unpaired) electrons. The normalized spacial score (nSPS) is 14.6. The summed E-state index contributed by atoms with van der Waals surface area (Å²) in [5.41, 5.74) is 1.85. The van der Waals surface area contributed by atoms with E-state index in [1.807, 2.05) is 35.7 Å². The second-order valence-electron chi connectivity index (χ2n) is 3.41. The molecule has 0 saturated carbocycles. The van der Waals surface area contributed by atoms with Crippen molar-refractivity contribution >= 4 is 27.0 Å². The molecule has 0 amide bonds. The summed E-state index contributed by atoms with van der Waals surface area (Å²) >= 11 is 1.38. The minimum Gasteiger partial charge on any atom is -0.313 e. The molecule has 0 aliphatic rings. The van der Waals surface area contributed by atoms with E-state index in [1.54, 1.807) is 0 Å². The Labute approximate surface area is 98.6 Å². The van der Waals surface area contributed by atoms with E-state index in [9.17, 15) is 4.21 Å². The van der Waals surface area contributed by atoms with E-state index in [0.717, 1.165) is 11.3 Å². The number of hydrogen-bond acceptors (Lipinski definition) is 3. The van der Waals surface area contributed by atoms with Gasteiger partial charge in [-0.25, -0.2) is 9.19 Å². The van der Waals surface area contributed by atoms with Crippen LogP contribution in [0.5, 0.6) is 0 Å². The Morgan fingerprint density at radius 2 is 2.06 bits per heavy atom. The van der Waals surface area contributed by atoms with Gasteiger partial charge in [0.25, 0.3) is 0 Å². The van der Waals surface area contributed by atoms with Crippen LogP contribution in [-0.4, -0.2) is 19.6 Å². The molecule has 1 aromatic heterocycles. The minimum absolute atomic E-state index is 0.0184. The van der Waals surface area contributed by atoms with E-state index < -0.39 is 9.80 Å². The lowest BCUT2D eigenvalue weighted by molar-refractivity contribution is 0.559. The van der Waals surface area contributed by atoms with E-state index in [1.165, 1.54) is 11.3 Å². The fourth-order valence-corrected chi connectivity index (χ4v) is 3.17. The highest BCUT2D eigenvalue weighted by Crippen LogP contribution is 2.22. The Morgan fingerprint density at radius 3 is 2.69 bits per heavy atom. The predicted octanol–water partition coefficient (Wildman–Crippen LogP) is 2.50. The number of hydrogen-bond donors (Lipinski definition) is 1. The minimum atomic E-state index is -3.00. The van der Waals surface area contributed by atoms with Gasteiger partial charge in [0.15, 0.2) is 0 Å². The first-order chi connectivity index (χ1) is 7.54. The average Bonchev–Trinajstić information content (AvgIpc) is 2.65. The third kappa shape index (κ3) is 2.91. The zero-order chi connectivity index (χ0) is 11.6. The Hall–Kier alpha value is -1.17. The van der Waals surface area contributed by atoms with Crippen LogP contribution < -0.4 is 0 Å². The van der Waals surface area contributed by atoms with E-state index in [2.05, 4.69) is 10.9 Å². The fraction of sp³-hybridized carbons (Fsp3) is 0.0909. The van der Waals surface area contributed by atoms with E-state index in [-0.39, 0.29) is 5.75 Å². The van der Waals surface area contributed by atoms with Crippen molar-refractivity contribution in [3.05, 3.63) is 40.7 Å². The highest BCUT2D eigenvalue weighted by molar-refractivity contribution is 7.94. The molecule has 1 unspecified atom stereocenters. The van der Waals surface area contributed by atoms with Crippen LogP contribution in [0, 0.1) is 0 Å². The van der Waals surface area contributed by atoms with Gasteiger partial charge in [0.2, 0.25) is 0 Å². The van der Waals surface area contributed by atoms with Crippen molar-refractivity contribution in [2.75, 3.05) is 0 Å². The summed E-state index contributed by atoms with van der Waals surface area (Å²) in [7, 11) is -3.00. The first kappa shape index (κ1) is 11.3. The van der Waals surface area contributed by atoms with Crippen molar-refractivity contribution in [3.8, 4) is 11.3 Å². The zero-order valence-electron chi connectivity index (χ0n) is 8.50. The lowest BCUT2D eigenvalue weighted by Crippen LogP contribution is -2.00. The maximum absolute atomic E-state index is 11.1. The largest absolute Gasteiger partial charge is 0.313 e. The van der Waals surface area contributed by atoms with Gasteiger partial charge in [-0.2, -0.15) is 0 Å². The summed E-state index contributed by atoms with van der Waals surface area (Å²) < 4.78 is 20.2. The highest BCUT2D eigenvalue weighted by Gasteiger charge is 2.07. The summed E-state index contributed by atoms with van der Waals surface area (Å²) in [4.78, 5) is 4.31. The molecule has 2 aromatic rings. The number of nitrogens with zero attached hydrogens (tertiary/aromatic N) is 1. The number of thiazole rings is 1. The van der Waals surface area contributed by atoms with Crippen molar-refractivity contribution in [3.63, 3.8) is 0 Å². The average molecular weight is 253 g/mol. The molecule has 3 nitrogen and oxygen atoms in total. The molecule has 1 atom stereocenters. The number of rotatable bonds is 3. The van der Waals surface area contributed by atoms with Crippen molar-refractivity contribution in [1.82, 2.24) is 4.98 Å². The van der Waals surface area contributed by atoms with Crippen molar-refractivity contribution < 1.29 is 8.76 Å². The van der Waals surface area contributed by atoms with Crippen molar-refractivity contribution in [2.45, 2.75) is 5.75 Å². The zero-order valence-corrected chi connectivity index (χ0v) is 10.1. The van der Waals surface area contributed by atoms with Gasteiger partial charge in [-0.1, -0.05) is 30.3 Å². The SMILES string of the molecule is C=S(=O)(O)Cc1nc(-c2ccccc2)cs1. The van der Waals surface area contributed by atoms with Crippen LogP contribution >= 0.6 is 11.3 Å². The summed E-state index contributed by atoms with van der Waals surface area (Å²) in [6.45, 7) is 0. The maximum atomic E-state index is 11.1. The lowest BCUT2D eigenvalue weighted by atomic mass is 10.2. The topological polar surface area (TPSA) is 50.2 Å². The van der Waals surface area contributed by atoms with E-state index in [0.29, 0.717) is 5.01 Å². The molecule has 84 valence electrons. The summed E-state index contributed by atoms with van der Waals surface area (Å²) in [5.74, 6) is 3.22. The Balaban J connectivity index is 2.27. The van der Waals surface area contributed by atoms with Gasteiger partial charge in [-0.05, 0) is 5.87 Å². The first-order valence-electron chi connectivity index (χ1n) is 4.62. The molecule has 0 bridgehead atoms. The van der Waals surface area contributed by atoms with Crippen LogP contribution in [-0.2, 0) is 15.6 Å². The van der Waals surface area contributed by atoms with Crippen LogP contribution in [0.4, 0.5) is 0 Å².